The van der Waals surface area contributed by atoms with E-state index in [1.54, 1.807) is 30.3 Å². The summed E-state index contributed by atoms with van der Waals surface area (Å²) in [7, 11) is -3.42. The minimum atomic E-state index is -3.42. The van der Waals surface area contributed by atoms with Crippen LogP contribution in [-0.2, 0) is 21.3 Å². The molecule has 4 nitrogen and oxygen atoms in total. The maximum Gasteiger partial charge on any atom is 0.226 e. The van der Waals surface area contributed by atoms with Gasteiger partial charge in [-0.25, -0.2) is 17.8 Å². The van der Waals surface area contributed by atoms with Crippen molar-refractivity contribution in [1.29, 1.82) is 0 Å². The Labute approximate surface area is 143 Å². The molecule has 0 radical (unpaired) electrons. The van der Waals surface area contributed by atoms with Crippen molar-refractivity contribution in [2.45, 2.75) is 11.5 Å². The van der Waals surface area contributed by atoms with Crippen LogP contribution in [0.4, 0.5) is 4.39 Å². The molecule has 3 rings (SSSR count). The summed E-state index contributed by atoms with van der Waals surface area (Å²) in [6.07, 6.45) is 1.28. The zero-order chi connectivity index (χ0) is 17.2. The van der Waals surface area contributed by atoms with Crippen LogP contribution < -0.4 is 0 Å². The predicted molar refractivity (Wildman–Crippen MR) is 89.7 cm³/mol. The minimum Gasteiger partial charge on any atom is -0.444 e. The lowest BCUT2D eigenvalue weighted by atomic mass is 10.2. The van der Waals surface area contributed by atoms with Crippen LogP contribution in [0.15, 0.2) is 59.2 Å². The summed E-state index contributed by atoms with van der Waals surface area (Å²) in [5.74, 6) is -0.602. The van der Waals surface area contributed by atoms with Crippen molar-refractivity contribution in [2.24, 2.45) is 0 Å². The lowest BCUT2D eigenvalue weighted by molar-refractivity contribution is 0.570. The number of hydrogen-bond donors (Lipinski definition) is 0. The highest BCUT2D eigenvalue weighted by molar-refractivity contribution is 7.89. The van der Waals surface area contributed by atoms with Crippen LogP contribution in [0.2, 0.25) is 5.02 Å². The maximum absolute atomic E-state index is 13.2. The van der Waals surface area contributed by atoms with Crippen molar-refractivity contribution in [3.05, 3.63) is 76.9 Å². The number of oxazole rings is 1. The average Bonchev–Trinajstić information content (AvgIpc) is 2.97. The van der Waals surface area contributed by atoms with Crippen LogP contribution in [-0.4, -0.2) is 13.4 Å². The first-order valence-electron chi connectivity index (χ1n) is 7.06. The van der Waals surface area contributed by atoms with Crippen molar-refractivity contribution in [3.63, 3.8) is 0 Å². The van der Waals surface area contributed by atoms with Crippen LogP contribution in [0.1, 0.15) is 11.3 Å². The monoisotopic (exact) mass is 365 g/mol. The molecule has 0 atom stereocenters. The Kier molecular flexibility index (Phi) is 4.69. The van der Waals surface area contributed by atoms with Gasteiger partial charge in [0.2, 0.25) is 5.89 Å². The molecule has 0 aliphatic rings. The highest BCUT2D eigenvalue weighted by atomic mass is 35.5. The lowest BCUT2D eigenvalue weighted by Gasteiger charge is -2.02. The predicted octanol–water partition coefficient (Wildman–Crippen LogP) is 4.25. The first-order chi connectivity index (χ1) is 11.4. The summed E-state index contributed by atoms with van der Waals surface area (Å²) in [6, 6.07) is 12.4. The smallest absolute Gasteiger partial charge is 0.226 e. The molecule has 2 aromatic carbocycles. The van der Waals surface area contributed by atoms with E-state index in [-0.39, 0.29) is 23.1 Å². The van der Waals surface area contributed by atoms with E-state index in [2.05, 4.69) is 4.98 Å². The normalized spacial score (nSPS) is 11.6. The van der Waals surface area contributed by atoms with Crippen molar-refractivity contribution < 1.29 is 17.2 Å². The van der Waals surface area contributed by atoms with Crippen molar-refractivity contribution in [3.8, 4) is 11.5 Å². The Balaban J connectivity index is 1.75. The second-order valence-electron chi connectivity index (χ2n) is 5.31. The minimum absolute atomic E-state index is 0.119. The van der Waals surface area contributed by atoms with Gasteiger partial charge in [-0.3, -0.25) is 0 Å². The highest BCUT2D eigenvalue weighted by Crippen LogP contribution is 2.21. The summed E-state index contributed by atoms with van der Waals surface area (Å²) >= 11 is 5.79. The van der Waals surface area contributed by atoms with E-state index in [0.717, 1.165) is 0 Å². The average molecular weight is 366 g/mol. The van der Waals surface area contributed by atoms with E-state index >= 15 is 0 Å². The van der Waals surface area contributed by atoms with Crippen LogP contribution in [0.5, 0.6) is 0 Å². The van der Waals surface area contributed by atoms with Gasteiger partial charge in [0.1, 0.15) is 12.1 Å². The third-order valence-corrected chi connectivity index (χ3v) is 5.05. The number of sulfone groups is 1. The summed E-state index contributed by atoms with van der Waals surface area (Å²) in [5.41, 5.74) is 1.38. The molecule has 1 aromatic heterocycles. The van der Waals surface area contributed by atoms with Gasteiger partial charge in [0, 0.05) is 10.6 Å². The Bertz CT molecular complexity index is 952. The van der Waals surface area contributed by atoms with E-state index in [9.17, 15) is 12.8 Å². The summed E-state index contributed by atoms with van der Waals surface area (Å²) in [5, 5.41) is 0.549. The molecule has 0 amide bonds. The van der Waals surface area contributed by atoms with Gasteiger partial charge in [0.15, 0.2) is 9.84 Å². The molecule has 0 aliphatic carbocycles. The topological polar surface area (TPSA) is 60.2 Å². The summed E-state index contributed by atoms with van der Waals surface area (Å²) in [4.78, 5) is 4.13. The van der Waals surface area contributed by atoms with Gasteiger partial charge in [-0.2, -0.15) is 0 Å². The molecule has 7 heteroatoms. The molecule has 0 bridgehead atoms. The zero-order valence-electron chi connectivity index (χ0n) is 12.4. The quantitative estimate of drug-likeness (QED) is 0.678. The second kappa shape index (κ2) is 6.75. The molecular weight excluding hydrogens is 353 g/mol. The molecule has 0 unspecified atom stereocenters. The van der Waals surface area contributed by atoms with Gasteiger partial charge in [0.25, 0.3) is 0 Å². The molecule has 0 N–H and O–H groups in total. The number of nitrogens with zero attached hydrogens (tertiary/aromatic N) is 1. The number of rotatable bonds is 5. The van der Waals surface area contributed by atoms with Gasteiger partial charge >= 0.3 is 0 Å². The summed E-state index contributed by atoms with van der Waals surface area (Å²) < 4.78 is 43.0. The van der Waals surface area contributed by atoms with Crippen LogP contribution in [0.3, 0.4) is 0 Å². The molecule has 3 aromatic rings. The molecule has 0 spiro atoms. The van der Waals surface area contributed by atoms with Gasteiger partial charge in [-0.05, 0) is 35.9 Å². The van der Waals surface area contributed by atoms with Crippen molar-refractivity contribution in [1.82, 2.24) is 4.98 Å². The van der Waals surface area contributed by atoms with E-state index in [0.29, 0.717) is 16.1 Å². The zero-order valence-corrected chi connectivity index (χ0v) is 14.0. The molecule has 1 heterocycles. The second-order valence-corrected chi connectivity index (χ2v) is 7.81. The Morgan fingerprint density at radius 2 is 1.83 bits per heavy atom. The van der Waals surface area contributed by atoms with Gasteiger partial charge in [-0.15, -0.1) is 0 Å². The number of halogens is 2. The molecule has 0 aliphatic heterocycles. The molecular formula is C17H13ClFNO3S. The Hall–Kier alpha value is -2.18. The van der Waals surface area contributed by atoms with E-state index in [1.165, 1.54) is 24.5 Å². The molecule has 0 saturated heterocycles. The molecule has 0 fully saturated rings. The highest BCUT2D eigenvalue weighted by Gasteiger charge is 2.17. The third kappa shape index (κ3) is 4.21. The molecule has 0 saturated carbocycles. The largest absolute Gasteiger partial charge is 0.444 e. The van der Waals surface area contributed by atoms with Gasteiger partial charge in [-0.1, -0.05) is 29.8 Å². The van der Waals surface area contributed by atoms with Crippen LogP contribution in [0.25, 0.3) is 11.5 Å². The first kappa shape index (κ1) is 16.7. The van der Waals surface area contributed by atoms with E-state index in [1.807, 2.05) is 0 Å². The fourth-order valence-electron chi connectivity index (χ4n) is 2.24. The van der Waals surface area contributed by atoms with Crippen LogP contribution in [0, 0.1) is 5.82 Å². The van der Waals surface area contributed by atoms with Crippen molar-refractivity contribution in [2.75, 3.05) is 0 Å². The standard InChI is InChI=1S/C17H13ClFNO3S/c18-14-6-4-12(5-7-14)10-24(21,22)11-16-9-23-17(20-16)13-2-1-3-15(19)8-13/h1-9H,10-11H2. The van der Waals surface area contributed by atoms with Crippen LogP contribution >= 0.6 is 11.6 Å². The van der Waals surface area contributed by atoms with E-state index < -0.39 is 15.7 Å². The number of hydrogen-bond acceptors (Lipinski definition) is 4. The summed E-state index contributed by atoms with van der Waals surface area (Å²) in [6.45, 7) is 0. The molecule has 24 heavy (non-hydrogen) atoms. The SMILES string of the molecule is O=S(=O)(Cc1ccc(Cl)cc1)Cc1coc(-c2cccc(F)c2)n1. The lowest BCUT2D eigenvalue weighted by Crippen LogP contribution is -2.07. The van der Waals surface area contributed by atoms with Crippen molar-refractivity contribution >= 4 is 21.4 Å². The number of benzene rings is 2. The number of aromatic nitrogens is 1. The fourth-order valence-corrected chi connectivity index (χ4v) is 3.75. The van der Waals surface area contributed by atoms with E-state index in [4.69, 9.17) is 16.0 Å². The van der Waals surface area contributed by atoms with Gasteiger partial charge < -0.3 is 4.42 Å². The van der Waals surface area contributed by atoms with Gasteiger partial charge in [0.05, 0.1) is 17.2 Å². The first-order valence-corrected chi connectivity index (χ1v) is 9.26. The fraction of sp³-hybridized carbons (Fsp3) is 0.118. The maximum atomic E-state index is 13.2. The Morgan fingerprint density at radius 3 is 2.54 bits per heavy atom. The Morgan fingerprint density at radius 1 is 1.08 bits per heavy atom. The third-order valence-electron chi connectivity index (χ3n) is 3.29. The molecule has 124 valence electrons.